The van der Waals surface area contributed by atoms with Gasteiger partial charge in [0.25, 0.3) is 0 Å². The zero-order valence-corrected chi connectivity index (χ0v) is 13.1. The molecule has 6 heteroatoms. The molecule has 1 aromatic heterocycles. The molecule has 20 heavy (non-hydrogen) atoms. The van der Waals surface area contributed by atoms with E-state index in [2.05, 4.69) is 22.2 Å². The van der Waals surface area contributed by atoms with E-state index in [1.165, 1.54) is 0 Å². The van der Waals surface area contributed by atoms with Crippen LogP contribution in [0.4, 0.5) is 5.82 Å². The highest BCUT2D eigenvalue weighted by atomic mass is 35.5. The van der Waals surface area contributed by atoms with Crippen molar-refractivity contribution in [1.82, 2.24) is 9.97 Å². The van der Waals surface area contributed by atoms with Gasteiger partial charge in [-0.2, -0.15) is 0 Å². The summed E-state index contributed by atoms with van der Waals surface area (Å²) in [6.07, 6.45) is 2.71. The highest BCUT2D eigenvalue weighted by Crippen LogP contribution is 2.25. The van der Waals surface area contributed by atoms with Gasteiger partial charge in [0.05, 0.1) is 6.61 Å². The molecule has 0 aromatic carbocycles. The topological polar surface area (TPSA) is 56.3 Å². The van der Waals surface area contributed by atoms with Crippen LogP contribution in [0, 0.1) is 6.92 Å². The maximum atomic E-state index is 6.17. The SMILES string of the molecule is CCCc1nc(Cl)c(C)c(NCC2(OC)CCOC2)n1. The largest absolute Gasteiger partial charge is 0.378 e. The number of hydrogen-bond acceptors (Lipinski definition) is 5. The quantitative estimate of drug-likeness (QED) is 0.818. The smallest absolute Gasteiger partial charge is 0.137 e. The van der Waals surface area contributed by atoms with Crippen LogP contribution in [-0.2, 0) is 15.9 Å². The first-order chi connectivity index (χ1) is 9.60. The predicted molar refractivity (Wildman–Crippen MR) is 79.4 cm³/mol. The van der Waals surface area contributed by atoms with Crippen molar-refractivity contribution in [2.75, 3.05) is 32.2 Å². The highest BCUT2D eigenvalue weighted by molar-refractivity contribution is 6.30. The van der Waals surface area contributed by atoms with Gasteiger partial charge >= 0.3 is 0 Å². The monoisotopic (exact) mass is 299 g/mol. The van der Waals surface area contributed by atoms with Crippen molar-refractivity contribution in [3.8, 4) is 0 Å². The van der Waals surface area contributed by atoms with Crippen molar-refractivity contribution < 1.29 is 9.47 Å². The third kappa shape index (κ3) is 3.40. The summed E-state index contributed by atoms with van der Waals surface area (Å²) in [4.78, 5) is 8.84. The van der Waals surface area contributed by atoms with Crippen molar-refractivity contribution in [2.24, 2.45) is 0 Å². The number of rotatable bonds is 6. The molecule has 2 rings (SSSR count). The lowest BCUT2D eigenvalue weighted by Gasteiger charge is -2.26. The number of halogens is 1. The minimum atomic E-state index is -0.269. The third-order valence-electron chi connectivity index (χ3n) is 3.68. The Morgan fingerprint density at radius 3 is 2.85 bits per heavy atom. The van der Waals surface area contributed by atoms with Gasteiger partial charge in [0.15, 0.2) is 0 Å². The van der Waals surface area contributed by atoms with Crippen LogP contribution < -0.4 is 5.32 Å². The second-order valence-electron chi connectivity index (χ2n) is 5.20. The van der Waals surface area contributed by atoms with Crippen LogP contribution in [0.15, 0.2) is 0 Å². The van der Waals surface area contributed by atoms with Crippen LogP contribution in [0.25, 0.3) is 0 Å². The van der Waals surface area contributed by atoms with Crippen LogP contribution in [0.3, 0.4) is 0 Å². The van der Waals surface area contributed by atoms with Crippen LogP contribution >= 0.6 is 11.6 Å². The molecule has 1 saturated heterocycles. The fourth-order valence-electron chi connectivity index (χ4n) is 2.25. The zero-order valence-electron chi connectivity index (χ0n) is 12.3. The average molecular weight is 300 g/mol. The van der Waals surface area contributed by atoms with Crippen molar-refractivity contribution in [3.63, 3.8) is 0 Å². The van der Waals surface area contributed by atoms with Gasteiger partial charge in [-0.05, 0) is 13.3 Å². The third-order valence-corrected chi connectivity index (χ3v) is 4.05. The van der Waals surface area contributed by atoms with Gasteiger partial charge in [0.2, 0.25) is 0 Å². The van der Waals surface area contributed by atoms with Crippen LogP contribution in [0.1, 0.15) is 31.2 Å². The summed E-state index contributed by atoms with van der Waals surface area (Å²) in [5.41, 5.74) is 0.603. The first-order valence-electron chi connectivity index (χ1n) is 7.00. The van der Waals surface area contributed by atoms with E-state index in [0.717, 1.165) is 43.1 Å². The number of anilines is 1. The van der Waals surface area contributed by atoms with E-state index >= 15 is 0 Å². The van der Waals surface area contributed by atoms with Crippen LogP contribution in [-0.4, -0.2) is 42.4 Å². The summed E-state index contributed by atoms with van der Waals surface area (Å²) in [6, 6.07) is 0. The summed E-state index contributed by atoms with van der Waals surface area (Å²) in [7, 11) is 1.72. The fourth-order valence-corrected chi connectivity index (χ4v) is 2.43. The molecule has 0 amide bonds. The molecule has 1 aliphatic rings. The lowest BCUT2D eigenvalue weighted by atomic mass is 10.0. The molecule has 1 fully saturated rings. The molecule has 1 atom stereocenters. The van der Waals surface area contributed by atoms with Gasteiger partial charge in [-0.3, -0.25) is 0 Å². The second-order valence-corrected chi connectivity index (χ2v) is 5.56. The summed E-state index contributed by atoms with van der Waals surface area (Å²) in [5.74, 6) is 1.57. The lowest BCUT2D eigenvalue weighted by Crippen LogP contribution is -2.40. The van der Waals surface area contributed by atoms with E-state index in [0.29, 0.717) is 18.3 Å². The van der Waals surface area contributed by atoms with E-state index < -0.39 is 0 Å². The molecule has 0 saturated carbocycles. The van der Waals surface area contributed by atoms with Gasteiger partial charge < -0.3 is 14.8 Å². The van der Waals surface area contributed by atoms with Gasteiger partial charge in [-0.25, -0.2) is 9.97 Å². The first-order valence-corrected chi connectivity index (χ1v) is 7.38. The Morgan fingerprint density at radius 2 is 2.25 bits per heavy atom. The molecule has 0 spiro atoms. The Hall–Kier alpha value is -0.910. The molecule has 1 N–H and O–H groups in total. The Balaban J connectivity index is 2.12. The number of nitrogens with zero attached hydrogens (tertiary/aromatic N) is 2. The van der Waals surface area contributed by atoms with Gasteiger partial charge in [-0.1, -0.05) is 18.5 Å². The molecular formula is C14H22ClN3O2. The highest BCUT2D eigenvalue weighted by Gasteiger charge is 2.35. The Kier molecular flexibility index (Phi) is 5.18. The molecule has 5 nitrogen and oxygen atoms in total. The zero-order chi connectivity index (χ0) is 14.6. The Bertz CT molecular complexity index is 462. The molecule has 2 heterocycles. The fraction of sp³-hybridized carbons (Fsp3) is 0.714. The molecule has 0 aliphatic carbocycles. The van der Waals surface area contributed by atoms with Crippen molar-refractivity contribution in [2.45, 2.75) is 38.7 Å². The van der Waals surface area contributed by atoms with Crippen molar-refractivity contribution >= 4 is 17.4 Å². The first kappa shape index (κ1) is 15.5. The van der Waals surface area contributed by atoms with E-state index in [4.69, 9.17) is 21.1 Å². The maximum absolute atomic E-state index is 6.17. The molecule has 1 unspecified atom stereocenters. The molecule has 1 aliphatic heterocycles. The molecule has 112 valence electrons. The maximum Gasteiger partial charge on any atom is 0.137 e. The summed E-state index contributed by atoms with van der Waals surface area (Å²) in [6.45, 7) is 6.02. The van der Waals surface area contributed by atoms with Crippen LogP contribution in [0.5, 0.6) is 0 Å². The molecule has 0 bridgehead atoms. The minimum Gasteiger partial charge on any atom is -0.378 e. The van der Waals surface area contributed by atoms with Crippen molar-refractivity contribution in [3.05, 3.63) is 16.5 Å². The number of aromatic nitrogens is 2. The average Bonchev–Trinajstić information content (AvgIpc) is 2.91. The van der Waals surface area contributed by atoms with Crippen molar-refractivity contribution in [1.29, 1.82) is 0 Å². The van der Waals surface area contributed by atoms with E-state index in [1.54, 1.807) is 7.11 Å². The predicted octanol–water partition coefficient (Wildman–Crippen LogP) is 2.61. The van der Waals surface area contributed by atoms with E-state index in [9.17, 15) is 0 Å². The molecule has 1 aromatic rings. The summed E-state index contributed by atoms with van der Waals surface area (Å²) in [5, 5.41) is 3.86. The summed E-state index contributed by atoms with van der Waals surface area (Å²) >= 11 is 6.17. The number of hydrogen-bond donors (Lipinski definition) is 1. The molecular weight excluding hydrogens is 278 g/mol. The van der Waals surface area contributed by atoms with E-state index in [-0.39, 0.29) is 5.60 Å². The number of aryl methyl sites for hydroxylation is 1. The number of ether oxygens (including phenoxy) is 2. The van der Waals surface area contributed by atoms with Gasteiger partial charge in [-0.15, -0.1) is 0 Å². The Labute approximate surface area is 125 Å². The van der Waals surface area contributed by atoms with Gasteiger partial charge in [0, 0.05) is 38.7 Å². The number of nitrogens with one attached hydrogen (secondary N) is 1. The number of methoxy groups -OCH3 is 1. The summed E-state index contributed by atoms with van der Waals surface area (Å²) < 4.78 is 11.0. The normalized spacial score (nSPS) is 22.2. The minimum absolute atomic E-state index is 0.269. The van der Waals surface area contributed by atoms with Crippen LogP contribution in [0.2, 0.25) is 5.15 Å². The van der Waals surface area contributed by atoms with Gasteiger partial charge in [0.1, 0.15) is 22.4 Å². The standard InChI is InChI=1S/C14H22ClN3O2/c1-4-5-11-17-12(15)10(2)13(18-11)16-8-14(19-3)6-7-20-9-14/h4-9H2,1-3H3,(H,16,17,18). The Morgan fingerprint density at radius 1 is 1.45 bits per heavy atom. The van der Waals surface area contributed by atoms with E-state index in [1.807, 2.05) is 6.92 Å². The molecule has 0 radical (unpaired) electrons. The second kappa shape index (κ2) is 6.70. The lowest BCUT2D eigenvalue weighted by molar-refractivity contribution is -0.00626.